The van der Waals surface area contributed by atoms with Crippen molar-refractivity contribution >= 4 is 18.0 Å². The van der Waals surface area contributed by atoms with Gasteiger partial charge in [0.2, 0.25) is 0 Å². The molecule has 0 saturated carbocycles. The fraction of sp³-hybridized carbons (Fsp3) is 0.348. The zero-order chi connectivity index (χ0) is 24.8. The van der Waals surface area contributed by atoms with Gasteiger partial charge >= 0.3 is 12.1 Å². The Bertz CT molecular complexity index is 1080. The fourth-order valence-electron chi connectivity index (χ4n) is 3.09. The van der Waals surface area contributed by atoms with Gasteiger partial charge in [-0.3, -0.25) is 4.79 Å². The molecule has 0 fully saturated rings. The first kappa shape index (κ1) is 25.5. The molecule has 2 rings (SSSR count). The highest BCUT2D eigenvalue weighted by Crippen LogP contribution is 2.24. The Morgan fingerprint density at radius 1 is 1.24 bits per heavy atom. The number of ether oxygens (including phenoxy) is 2. The lowest BCUT2D eigenvalue weighted by atomic mass is 10.1. The molecule has 0 saturated heterocycles. The number of aromatic nitrogens is 1. The number of benzene rings is 1. The first-order valence-corrected chi connectivity index (χ1v) is 10.1. The molecule has 176 valence electrons. The average Bonchev–Trinajstić information content (AvgIpc) is 3.03. The van der Waals surface area contributed by atoms with Crippen LogP contribution >= 0.6 is 0 Å². The van der Waals surface area contributed by atoms with Gasteiger partial charge in [-0.1, -0.05) is 0 Å². The normalized spacial score (nSPS) is 12.6. The van der Waals surface area contributed by atoms with E-state index in [-0.39, 0.29) is 0 Å². The summed E-state index contributed by atoms with van der Waals surface area (Å²) >= 11 is 0. The number of carbonyl (C=O) groups is 2. The quantitative estimate of drug-likeness (QED) is 0.363. The summed E-state index contributed by atoms with van der Waals surface area (Å²) in [6.07, 6.45) is -4.79. The summed E-state index contributed by atoms with van der Waals surface area (Å²) in [5.41, 5.74) is 2.62. The number of rotatable bonds is 8. The standard InChI is InChI=1S/C23H24F3N3O4/c1-5-32-20-8-6-19(7-9-20)29-14(2)10-17(15(29)3)11-18(12-27)22(31)33-16(4)21(30)28-13-23(24,25)26/h6-11,16H,5,13H2,1-4H3,(H,28,30)/b18-11+. The number of carbonyl (C=O) groups excluding carboxylic acids is 2. The van der Waals surface area contributed by atoms with E-state index in [0.717, 1.165) is 29.7 Å². The molecule has 1 atom stereocenters. The highest BCUT2D eigenvalue weighted by molar-refractivity contribution is 5.99. The molecule has 0 aliphatic carbocycles. The van der Waals surface area contributed by atoms with Crippen molar-refractivity contribution in [2.24, 2.45) is 0 Å². The van der Waals surface area contributed by atoms with Crippen LogP contribution in [0, 0.1) is 25.2 Å². The third kappa shape index (κ3) is 6.87. The number of aryl methyl sites for hydroxylation is 1. The number of hydrogen-bond acceptors (Lipinski definition) is 5. The molecule has 0 radical (unpaired) electrons. The molecule has 1 aromatic heterocycles. The maximum absolute atomic E-state index is 12.3. The number of nitrogens with one attached hydrogen (secondary N) is 1. The van der Waals surface area contributed by atoms with E-state index in [0.29, 0.717) is 12.2 Å². The van der Waals surface area contributed by atoms with Crippen molar-refractivity contribution in [1.29, 1.82) is 5.26 Å². The molecule has 33 heavy (non-hydrogen) atoms. The minimum atomic E-state index is -4.59. The van der Waals surface area contributed by atoms with Crippen molar-refractivity contribution < 1.29 is 32.2 Å². The van der Waals surface area contributed by atoms with Gasteiger partial charge in [0.15, 0.2) is 6.10 Å². The monoisotopic (exact) mass is 463 g/mol. The molecule has 1 unspecified atom stereocenters. The molecule has 10 heteroatoms. The number of nitriles is 1. The summed E-state index contributed by atoms with van der Waals surface area (Å²) < 4.78 is 48.9. The molecule has 7 nitrogen and oxygen atoms in total. The van der Waals surface area contributed by atoms with Crippen LogP contribution in [-0.2, 0) is 14.3 Å². The van der Waals surface area contributed by atoms with Crippen LogP contribution in [0.2, 0.25) is 0 Å². The van der Waals surface area contributed by atoms with Crippen LogP contribution in [0.1, 0.15) is 30.8 Å². The molecule has 1 aromatic carbocycles. The Morgan fingerprint density at radius 3 is 2.42 bits per heavy atom. The lowest BCUT2D eigenvalue weighted by Gasteiger charge is -2.14. The summed E-state index contributed by atoms with van der Waals surface area (Å²) in [7, 11) is 0. The Hall–Kier alpha value is -3.74. The predicted octanol–water partition coefficient (Wildman–Crippen LogP) is 4.01. The van der Waals surface area contributed by atoms with E-state index in [1.807, 2.05) is 49.6 Å². The van der Waals surface area contributed by atoms with Crippen LogP contribution < -0.4 is 10.1 Å². The summed E-state index contributed by atoms with van der Waals surface area (Å²) in [5.74, 6) is -1.50. The number of halogens is 3. The lowest BCUT2D eigenvalue weighted by Crippen LogP contribution is -2.40. The van der Waals surface area contributed by atoms with Crippen molar-refractivity contribution in [2.45, 2.75) is 40.0 Å². The van der Waals surface area contributed by atoms with E-state index in [1.165, 1.54) is 6.08 Å². The molecule has 1 heterocycles. The van der Waals surface area contributed by atoms with Gasteiger partial charge in [0, 0.05) is 17.1 Å². The molecule has 0 spiro atoms. The number of esters is 1. The summed E-state index contributed by atoms with van der Waals surface area (Å²) in [6.45, 7) is 5.68. The molecular weight excluding hydrogens is 439 g/mol. The summed E-state index contributed by atoms with van der Waals surface area (Å²) in [4.78, 5) is 24.0. The summed E-state index contributed by atoms with van der Waals surface area (Å²) in [5, 5.41) is 11.0. The van der Waals surface area contributed by atoms with Gasteiger partial charge in [0.25, 0.3) is 5.91 Å². The molecule has 1 amide bonds. The van der Waals surface area contributed by atoms with E-state index < -0.39 is 36.3 Å². The molecule has 0 bridgehead atoms. The Balaban J connectivity index is 2.21. The maximum Gasteiger partial charge on any atom is 0.405 e. The van der Waals surface area contributed by atoms with Gasteiger partial charge in [0.1, 0.15) is 23.9 Å². The van der Waals surface area contributed by atoms with Gasteiger partial charge in [0.05, 0.1) is 6.61 Å². The van der Waals surface area contributed by atoms with Crippen molar-refractivity contribution in [3.8, 4) is 17.5 Å². The Morgan fingerprint density at radius 2 is 1.88 bits per heavy atom. The van der Waals surface area contributed by atoms with Gasteiger partial charge in [-0.05, 0) is 69.7 Å². The van der Waals surface area contributed by atoms with E-state index in [9.17, 15) is 28.0 Å². The molecular formula is C23H24F3N3O4. The number of alkyl halides is 3. The smallest absolute Gasteiger partial charge is 0.405 e. The maximum atomic E-state index is 12.3. The fourth-order valence-corrected chi connectivity index (χ4v) is 3.09. The van der Waals surface area contributed by atoms with Crippen molar-refractivity contribution in [1.82, 2.24) is 9.88 Å². The topological polar surface area (TPSA) is 93.3 Å². The van der Waals surface area contributed by atoms with Gasteiger partial charge in [-0.15, -0.1) is 0 Å². The minimum Gasteiger partial charge on any atom is -0.494 e. The van der Waals surface area contributed by atoms with Gasteiger partial charge in [-0.25, -0.2) is 4.79 Å². The van der Waals surface area contributed by atoms with E-state index in [4.69, 9.17) is 9.47 Å². The number of amides is 1. The predicted molar refractivity (Wildman–Crippen MR) is 115 cm³/mol. The first-order chi connectivity index (χ1) is 15.5. The highest BCUT2D eigenvalue weighted by atomic mass is 19.4. The molecule has 0 aliphatic rings. The summed E-state index contributed by atoms with van der Waals surface area (Å²) in [6, 6.07) is 10.9. The van der Waals surface area contributed by atoms with Crippen LogP contribution in [-0.4, -0.2) is 41.9 Å². The van der Waals surface area contributed by atoms with Gasteiger partial charge < -0.3 is 19.4 Å². The zero-order valence-electron chi connectivity index (χ0n) is 18.6. The van der Waals surface area contributed by atoms with Gasteiger partial charge in [-0.2, -0.15) is 18.4 Å². The molecule has 2 aromatic rings. The van der Waals surface area contributed by atoms with Crippen LogP contribution in [0.15, 0.2) is 35.9 Å². The third-order valence-electron chi connectivity index (χ3n) is 4.63. The van der Waals surface area contributed by atoms with E-state index in [2.05, 4.69) is 0 Å². The number of nitrogens with zero attached hydrogens (tertiary/aromatic N) is 2. The van der Waals surface area contributed by atoms with Crippen molar-refractivity contribution in [3.05, 3.63) is 52.9 Å². The van der Waals surface area contributed by atoms with Crippen LogP contribution in [0.25, 0.3) is 11.8 Å². The first-order valence-electron chi connectivity index (χ1n) is 10.1. The SMILES string of the molecule is CCOc1ccc(-n2c(C)cc(/C=C(\C#N)C(=O)OC(C)C(=O)NCC(F)(F)F)c2C)cc1. The molecule has 1 N–H and O–H groups in total. The Kier molecular flexibility index (Phi) is 8.29. The number of hydrogen-bond donors (Lipinski definition) is 1. The average molecular weight is 463 g/mol. The third-order valence-corrected chi connectivity index (χ3v) is 4.63. The van der Waals surface area contributed by atoms with E-state index >= 15 is 0 Å². The van der Waals surface area contributed by atoms with Crippen LogP contribution in [0.4, 0.5) is 13.2 Å². The zero-order valence-corrected chi connectivity index (χ0v) is 18.6. The van der Waals surface area contributed by atoms with Crippen molar-refractivity contribution in [3.63, 3.8) is 0 Å². The van der Waals surface area contributed by atoms with Crippen LogP contribution in [0.5, 0.6) is 5.75 Å². The second kappa shape index (κ2) is 10.7. The molecule has 0 aliphatic heterocycles. The minimum absolute atomic E-state index is 0.391. The Labute approximate surface area is 189 Å². The van der Waals surface area contributed by atoms with Crippen molar-refractivity contribution in [2.75, 3.05) is 13.2 Å². The second-order valence-electron chi connectivity index (χ2n) is 7.14. The largest absolute Gasteiger partial charge is 0.494 e. The lowest BCUT2D eigenvalue weighted by molar-refractivity contribution is -0.154. The van der Waals surface area contributed by atoms with E-state index in [1.54, 1.807) is 17.5 Å². The highest BCUT2D eigenvalue weighted by Gasteiger charge is 2.30. The second-order valence-corrected chi connectivity index (χ2v) is 7.14. The van der Waals surface area contributed by atoms with Crippen LogP contribution in [0.3, 0.4) is 0 Å².